The van der Waals surface area contributed by atoms with Crippen LogP contribution in [0.4, 0.5) is 10.1 Å². The Morgan fingerprint density at radius 2 is 1.74 bits per heavy atom. The summed E-state index contributed by atoms with van der Waals surface area (Å²) < 4.78 is 23.1. The Bertz CT molecular complexity index is 1300. The lowest BCUT2D eigenvalue weighted by atomic mass is 9.88. The molecule has 2 aromatic rings. The Balaban J connectivity index is 1.53. The second-order valence-electron chi connectivity index (χ2n) is 13.6. The molecule has 1 heterocycles. The Kier molecular flexibility index (Phi) is 9.32. The number of nitrogens with zero attached hydrogens (tertiary/aromatic N) is 2. The van der Waals surface area contributed by atoms with E-state index in [1.807, 2.05) is 26.9 Å². The number of hydrogen-bond acceptors (Lipinski definition) is 5. The van der Waals surface area contributed by atoms with E-state index in [0.29, 0.717) is 17.5 Å². The highest BCUT2D eigenvalue weighted by atomic mass is 28.4. The number of hydrogen-bond donors (Lipinski definition) is 3. The third-order valence-corrected chi connectivity index (χ3v) is 13.5. The Labute approximate surface area is 248 Å². The van der Waals surface area contributed by atoms with Crippen LogP contribution in [0.15, 0.2) is 30.5 Å². The van der Waals surface area contributed by atoms with Crippen molar-refractivity contribution in [1.29, 1.82) is 0 Å². The van der Waals surface area contributed by atoms with Crippen LogP contribution in [0.25, 0.3) is 0 Å². The van der Waals surface area contributed by atoms with E-state index in [1.165, 1.54) is 12.1 Å². The number of carboxylic acid groups (broad SMARTS) is 1. The molecule has 0 radical (unpaired) electrons. The molecule has 42 heavy (non-hydrogen) atoms. The van der Waals surface area contributed by atoms with Crippen molar-refractivity contribution >= 4 is 31.8 Å². The van der Waals surface area contributed by atoms with Crippen LogP contribution >= 0.6 is 0 Å². The first-order valence-corrected chi connectivity index (χ1v) is 17.8. The maximum Gasteiger partial charge on any atom is 0.313 e. The van der Waals surface area contributed by atoms with Gasteiger partial charge in [-0.1, -0.05) is 26.8 Å². The molecule has 1 aromatic carbocycles. The number of benzene rings is 1. The van der Waals surface area contributed by atoms with Crippen molar-refractivity contribution in [2.24, 2.45) is 17.8 Å². The third kappa shape index (κ3) is 7.29. The van der Waals surface area contributed by atoms with Gasteiger partial charge in [0.1, 0.15) is 23.5 Å². The molecule has 1 unspecified atom stereocenters. The normalized spacial score (nSPS) is 17.3. The third-order valence-electron chi connectivity index (χ3n) is 9.05. The lowest BCUT2D eigenvalue weighted by Gasteiger charge is -2.37. The molecule has 0 saturated heterocycles. The van der Waals surface area contributed by atoms with E-state index in [2.05, 4.69) is 36.5 Å². The number of nitrogens with one attached hydrogen (secondary N) is 2. The van der Waals surface area contributed by atoms with Gasteiger partial charge in [-0.2, -0.15) is 5.10 Å². The molecule has 3 N–H and O–H groups in total. The summed E-state index contributed by atoms with van der Waals surface area (Å²) in [5.74, 6) is -3.12. The molecule has 2 aliphatic rings. The Morgan fingerprint density at radius 3 is 2.24 bits per heavy atom. The van der Waals surface area contributed by atoms with Crippen molar-refractivity contribution < 1.29 is 28.3 Å². The minimum atomic E-state index is -2.22. The molecule has 0 aliphatic heterocycles. The molecule has 0 bridgehead atoms. The van der Waals surface area contributed by atoms with Gasteiger partial charge >= 0.3 is 5.97 Å². The van der Waals surface area contributed by atoms with Crippen LogP contribution in [0.5, 0.6) is 0 Å². The summed E-state index contributed by atoms with van der Waals surface area (Å²) in [5.41, 5.74) is 0.565. The molecule has 1 aromatic heterocycles. The van der Waals surface area contributed by atoms with E-state index in [4.69, 9.17) is 4.43 Å². The van der Waals surface area contributed by atoms with E-state index >= 15 is 4.39 Å². The van der Waals surface area contributed by atoms with Gasteiger partial charge in [-0.15, -0.1) is 0 Å². The predicted molar refractivity (Wildman–Crippen MR) is 161 cm³/mol. The first-order valence-electron chi connectivity index (χ1n) is 14.9. The number of aromatic nitrogens is 2. The fraction of sp³-hybridized carbons (Fsp3) is 0.613. The number of halogens is 1. The highest BCUT2D eigenvalue weighted by Gasteiger charge is 2.48. The number of carbonyl (C=O) groups excluding carboxylic acids is 2. The Morgan fingerprint density at radius 1 is 1.12 bits per heavy atom. The molecular formula is C31H45FN4O5Si. The fourth-order valence-electron chi connectivity index (χ4n) is 5.23. The monoisotopic (exact) mass is 600 g/mol. The summed E-state index contributed by atoms with van der Waals surface area (Å²) in [4.78, 5) is 39.2. The summed E-state index contributed by atoms with van der Waals surface area (Å²) in [7, 11) is -2.22. The van der Waals surface area contributed by atoms with Gasteiger partial charge in [0.05, 0.1) is 12.3 Å². The van der Waals surface area contributed by atoms with Crippen molar-refractivity contribution in [3.8, 4) is 0 Å². The van der Waals surface area contributed by atoms with Gasteiger partial charge < -0.3 is 20.2 Å². The molecule has 0 spiro atoms. The molecule has 2 amide bonds. The average Bonchev–Trinajstić information content (AvgIpc) is 3.83. The quantitative estimate of drug-likeness (QED) is 0.244. The lowest BCUT2D eigenvalue weighted by molar-refractivity contribution is -0.139. The van der Waals surface area contributed by atoms with Crippen molar-refractivity contribution in [1.82, 2.24) is 15.1 Å². The van der Waals surface area contributed by atoms with Crippen LogP contribution in [0, 0.1) is 23.6 Å². The smallest absolute Gasteiger partial charge is 0.313 e. The van der Waals surface area contributed by atoms with Crippen LogP contribution < -0.4 is 10.6 Å². The topological polar surface area (TPSA) is 123 Å². The largest absolute Gasteiger partial charge is 0.481 e. The van der Waals surface area contributed by atoms with Crippen LogP contribution in [0.2, 0.25) is 18.1 Å². The van der Waals surface area contributed by atoms with Crippen LogP contribution in [0.1, 0.15) is 88.3 Å². The minimum absolute atomic E-state index is 0.0319. The fourth-order valence-corrected chi connectivity index (χ4v) is 6.24. The molecule has 9 nitrogen and oxygen atoms in total. The molecule has 11 heteroatoms. The van der Waals surface area contributed by atoms with Crippen molar-refractivity contribution in [2.75, 3.05) is 11.9 Å². The first kappa shape index (κ1) is 31.9. The van der Waals surface area contributed by atoms with Crippen molar-refractivity contribution in [3.63, 3.8) is 0 Å². The molecular weight excluding hydrogens is 555 g/mol. The summed E-state index contributed by atoms with van der Waals surface area (Å²) >= 11 is 0. The summed E-state index contributed by atoms with van der Waals surface area (Å²) in [6.45, 7) is 14.1. The predicted octanol–water partition coefficient (Wildman–Crippen LogP) is 5.97. The zero-order valence-corrected chi connectivity index (χ0v) is 26.7. The van der Waals surface area contributed by atoms with E-state index in [-0.39, 0.29) is 34.9 Å². The summed E-state index contributed by atoms with van der Waals surface area (Å²) in [6.07, 6.45) is 5.56. The maximum atomic E-state index is 15.4. The van der Waals surface area contributed by atoms with E-state index in [0.717, 1.165) is 31.7 Å². The average molecular weight is 601 g/mol. The van der Waals surface area contributed by atoms with Crippen LogP contribution in [-0.4, -0.2) is 53.6 Å². The van der Waals surface area contributed by atoms with E-state index < -0.39 is 43.9 Å². The SMILES string of the molecule is CC(C)n1nccc1C(=O)N[C@H](C(=O)Nc1ccc(C(CO[Si](C)(C)C(C)(C)C)C(=O)O)cc1F)C(C1CC1)C1CC1. The van der Waals surface area contributed by atoms with Gasteiger partial charge in [-0.25, -0.2) is 4.39 Å². The van der Waals surface area contributed by atoms with Gasteiger partial charge in [0, 0.05) is 12.2 Å². The highest BCUT2D eigenvalue weighted by molar-refractivity contribution is 6.74. The number of anilines is 1. The number of carbonyl (C=O) groups is 3. The Hall–Kier alpha value is -3.05. The second kappa shape index (κ2) is 12.3. The maximum absolute atomic E-state index is 15.4. The molecule has 2 fully saturated rings. The van der Waals surface area contributed by atoms with Gasteiger partial charge in [-0.3, -0.25) is 19.1 Å². The molecule has 230 valence electrons. The highest BCUT2D eigenvalue weighted by Crippen LogP contribution is 2.51. The van der Waals surface area contributed by atoms with E-state index in [9.17, 15) is 19.5 Å². The van der Waals surface area contributed by atoms with Crippen LogP contribution in [-0.2, 0) is 14.0 Å². The summed E-state index contributed by atoms with van der Waals surface area (Å²) in [6, 6.07) is 4.81. The lowest BCUT2D eigenvalue weighted by Crippen LogP contribution is -2.50. The van der Waals surface area contributed by atoms with Crippen molar-refractivity contribution in [2.45, 2.75) is 96.4 Å². The van der Waals surface area contributed by atoms with Gasteiger partial charge in [0.25, 0.3) is 5.91 Å². The number of amides is 2. The van der Waals surface area contributed by atoms with Gasteiger partial charge in [0.15, 0.2) is 8.32 Å². The van der Waals surface area contributed by atoms with E-state index in [1.54, 1.807) is 16.9 Å². The summed E-state index contributed by atoms with van der Waals surface area (Å²) in [5, 5.41) is 19.7. The number of carboxylic acids is 1. The van der Waals surface area contributed by atoms with Gasteiger partial charge in [-0.05, 0) is 99.2 Å². The van der Waals surface area contributed by atoms with Gasteiger partial charge in [0.2, 0.25) is 5.91 Å². The zero-order chi connectivity index (χ0) is 31.0. The molecule has 2 aliphatic carbocycles. The number of aliphatic carboxylic acids is 1. The molecule has 4 rings (SSSR count). The molecule has 2 atom stereocenters. The van der Waals surface area contributed by atoms with Crippen LogP contribution in [0.3, 0.4) is 0 Å². The second-order valence-corrected chi connectivity index (χ2v) is 18.5. The molecule has 2 saturated carbocycles. The zero-order valence-electron chi connectivity index (χ0n) is 25.7. The minimum Gasteiger partial charge on any atom is -0.481 e. The van der Waals surface area contributed by atoms with Crippen molar-refractivity contribution in [3.05, 3.63) is 47.5 Å². The number of rotatable bonds is 13. The first-order chi connectivity index (χ1) is 19.6. The standard InChI is InChI=1S/C31H45FN4O5Si/c1-18(2)36-25(14-15-33-36)28(37)35-27(26(19-8-9-19)20-10-11-20)29(38)34-24-13-12-21(16-23(24)32)22(30(39)40)17-41-42(6,7)31(3,4)5/h12-16,18-20,22,26-27H,8-11,17H2,1-7H3,(H,34,38)(H,35,37)(H,39,40)/t22?,27-/m0/s1.